The van der Waals surface area contributed by atoms with E-state index in [1.807, 2.05) is 39.6 Å². The van der Waals surface area contributed by atoms with E-state index in [0.29, 0.717) is 11.4 Å². The average Bonchev–Trinajstić information content (AvgIpc) is 3.09. The number of hydrogen-bond acceptors (Lipinski definition) is 7. The molecule has 0 spiro atoms. The number of anilines is 1. The fraction of sp³-hybridized carbons (Fsp3) is 0.333. The van der Waals surface area contributed by atoms with Crippen LogP contribution < -0.4 is 9.64 Å². The number of benzene rings is 1. The van der Waals surface area contributed by atoms with Crippen molar-refractivity contribution in [2.45, 2.75) is 6.67 Å². The van der Waals surface area contributed by atoms with Gasteiger partial charge in [-0.15, -0.1) is 0 Å². The molecule has 1 aromatic carbocycles. The number of nitrogens with zero attached hydrogens (tertiary/aromatic N) is 7. The summed E-state index contributed by atoms with van der Waals surface area (Å²) in [6.07, 6.45) is 5.30. The van der Waals surface area contributed by atoms with Crippen LogP contribution in [0.1, 0.15) is 0 Å². The van der Waals surface area contributed by atoms with Gasteiger partial charge in [0.15, 0.2) is 0 Å². The lowest BCUT2D eigenvalue weighted by atomic mass is 10.3. The first-order chi connectivity index (χ1) is 13.3. The SMILES string of the molecule is COc1ccccc1-n1cnn(CN2CCN(c3ncccn3)CC2)c1=S. The molecule has 9 heteroatoms. The van der Waals surface area contributed by atoms with Crippen LogP contribution in [-0.2, 0) is 6.67 Å². The van der Waals surface area contributed by atoms with Crippen LogP contribution in [-0.4, -0.2) is 62.5 Å². The molecule has 0 bridgehead atoms. The largest absolute Gasteiger partial charge is 0.495 e. The Bertz CT molecular complexity index is 948. The van der Waals surface area contributed by atoms with Crippen molar-refractivity contribution in [3.63, 3.8) is 0 Å². The first-order valence-corrected chi connectivity index (χ1v) is 9.19. The van der Waals surface area contributed by atoms with Gasteiger partial charge in [0.1, 0.15) is 12.1 Å². The molecule has 1 aliphatic heterocycles. The summed E-state index contributed by atoms with van der Waals surface area (Å²) < 4.78 is 9.80. The highest BCUT2D eigenvalue weighted by molar-refractivity contribution is 7.71. The van der Waals surface area contributed by atoms with Crippen molar-refractivity contribution in [1.29, 1.82) is 0 Å². The van der Waals surface area contributed by atoms with Crippen LogP contribution in [0.25, 0.3) is 5.69 Å². The lowest BCUT2D eigenvalue weighted by molar-refractivity contribution is 0.193. The first kappa shape index (κ1) is 17.6. The van der Waals surface area contributed by atoms with Crippen LogP contribution >= 0.6 is 12.2 Å². The maximum Gasteiger partial charge on any atom is 0.225 e. The van der Waals surface area contributed by atoms with Gasteiger partial charge in [0, 0.05) is 38.6 Å². The third-order valence-corrected chi connectivity index (χ3v) is 5.03. The summed E-state index contributed by atoms with van der Waals surface area (Å²) in [7, 11) is 1.66. The molecule has 27 heavy (non-hydrogen) atoms. The van der Waals surface area contributed by atoms with Gasteiger partial charge in [-0.05, 0) is 30.4 Å². The maximum atomic E-state index is 5.63. The second-order valence-electron chi connectivity index (χ2n) is 6.25. The molecule has 0 N–H and O–H groups in total. The number of ether oxygens (including phenoxy) is 1. The van der Waals surface area contributed by atoms with Gasteiger partial charge in [0.2, 0.25) is 10.7 Å². The molecule has 3 heterocycles. The molecule has 8 nitrogen and oxygen atoms in total. The molecule has 0 radical (unpaired) electrons. The average molecular weight is 383 g/mol. The normalized spacial score (nSPS) is 15.1. The van der Waals surface area contributed by atoms with E-state index in [9.17, 15) is 0 Å². The predicted molar refractivity (Wildman–Crippen MR) is 105 cm³/mol. The summed E-state index contributed by atoms with van der Waals surface area (Å²) in [5, 5.41) is 4.48. The van der Waals surface area contributed by atoms with Crippen molar-refractivity contribution in [3.8, 4) is 11.4 Å². The van der Waals surface area contributed by atoms with E-state index in [4.69, 9.17) is 17.0 Å². The number of methoxy groups -OCH3 is 1. The molecular weight excluding hydrogens is 362 g/mol. The van der Waals surface area contributed by atoms with Gasteiger partial charge in [-0.25, -0.2) is 14.6 Å². The molecule has 1 fully saturated rings. The van der Waals surface area contributed by atoms with Crippen LogP contribution in [0.5, 0.6) is 5.75 Å². The van der Waals surface area contributed by atoms with Crippen molar-refractivity contribution in [2.24, 2.45) is 0 Å². The number of rotatable bonds is 5. The Morgan fingerprint density at radius 3 is 2.52 bits per heavy atom. The summed E-state index contributed by atoms with van der Waals surface area (Å²) >= 11 is 5.63. The van der Waals surface area contributed by atoms with Crippen molar-refractivity contribution >= 4 is 18.2 Å². The van der Waals surface area contributed by atoms with Crippen molar-refractivity contribution in [1.82, 2.24) is 29.2 Å². The Balaban J connectivity index is 1.44. The van der Waals surface area contributed by atoms with E-state index in [-0.39, 0.29) is 0 Å². The number of piperazine rings is 1. The van der Waals surface area contributed by atoms with Crippen molar-refractivity contribution in [2.75, 3.05) is 38.2 Å². The summed E-state index contributed by atoms with van der Waals surface area (Å²) in [4.78, 5) is 13.2. The van der Waals surface area contributed by atoms with Crippen LogP contribution in [0.2, 0.25) is 0 Å². The molecule has 0 aliphatic carbocycles. The van der Waals surface area contributed by atoms with Crippen molar-refractivity contribution in [3.05, 3.63) is 53.8 Å². The number of para-hydroxylation sites is 2. The van der Waals surface area contributed by atoms with E-state index in [0.717, 1.165) is 43.6 Å². The fourth-order valence-electron chi connectivity index (χ4n) is 3.16. The molecule has 0 amide bonds. The van der Waals surface area contributed by atoms with Crippen LogP contribution in [0.15, 0.2) is 49.1 Å². The number of hydrogen-bond donors (Lipinski definition) is 0. The zero-order chi connectivity index (χ0) is 18.6. The molecular formula is C18H21N7OS. The monoisotopic (exact) mass is 383 g/mol. The topological polar surface area (TPSA) is 64.2 Å². The zero-order valence-corrected chi connectivity index (χ0v) is 15.9. The smallest absolute Gasteiger partial charge is 0.225 e. The molecule has 1 saturated heterocycles. The van der Waals surface area contributed by atoms with Gasteiger partial charge in [-0.3, -0.25) is 9.47 Å². The molecule has 2 aromatic heterocycles. The Kier molecular flexibility index (Phi) is 5.12. The zero-order valence-electron chi connectivity index (χ0n) is 15.1. The maximum absolute atomic E-state index is 5.63. The Labute approximate surface area is 162 Å². The standard InChI is InChI=1S/C18H21N7OS/c1-26-16-6-3-2-5-15(16)24-13-21-25(18(24)27)14-22-9-11-23(12-10-22)17-19-7-4-8-20-17/h2-8,13H,9-12,14H2,1H3. The third-order valence-electron chi connectivity index (χ3n) is 4.62. The second kappa shape index (κ2) is 7.85. The second-order valence-corrected chi connectivity index (χ2v) is 6.62. The van der Waals surface area contributed by atoms with E-state index in [1.54, 1.807) is 25.8 Å². The summed E-state index contributed by atoms with van der Waals surface area (Å²) in [6, 6.07) is 9.62. The van der Waals surface area contributed by atoms with E-state index in [2.05, 4.69) is 24.9 Å². The molecule has 140 valence electrons. The van der Waals surface area contributed by atoms with Gasteiger partial charge in [-0.2, -0.15) is 5.10 Å². The fourth-order valence-corrected chi connectivity index (χ4v) is 3.41. The lowest BCUT2D eigenvalue weighted by Gasteiger charge is -2.34. The van der Waals surface area contributed by atoms with Gasteiger partial charge in [-0.1, -0.05) is 12.1 Å². The summed E-state index contributed by atoms with van der Waals surface area (Å²) in [5.41, 5.74) is 0.891. The van der Waals surface area contributed by atoms with E-state index >= 15 is 0 Å². The molecule has 1 aliphatic rings. The summed E-state index contributed by atoms with van der Waals surface area (Å²) in [5.74, 6) is 1.55. The first-order valence-electron chi connectivity index (χ1n) is 8.78. The highest BCUT2D eigenvalue weighted by Gasteiger charge is 2.19. The van der Waals surface area contributed by atoms with Crippen molar-refractivity contribution < 1.29 is 4.74 Å². The summed E-state index contributed by atoms with van der Waals surface area (Å²) in [6.45, 7) is 4.22. The van der Waals surface area contributed by atoms with Crippen LogP contribution in [0.4, 0.5) is 5.95 Å². The number of aromatic nitrogens is 5. The van der Waals surface area contributed by atoms with Gasteiger partial charge < -0.3 is 9.64 Å². The predicted octanol–water partition coefficient (Wildman–Crippen LogP) is 1.98. The van der Waals surface area contributed by atoms with Gasteiger partial charge in [0.05, 0.1) is 19.5 Å². The highest BCUT2D eigenvalue weighted by atomic mass is 32.1. The van der Waals surface area contributed by atoms with Crippen LogP contribution in [0, 0.1) is 4.77 Å². The lowest BCUT2D eigenvalue weighted by Crippen LogP contribution is -2.47. The quantitative estimate of drug-likeness (QED) is 0.624. The Morgan fingerprint density at radius 1 is 1.04 bits per heavy atom. The minimum Gasteiger partial charge on any atom is -0.495 e. The third kappa shape index (κ3) is 3.69. The Morgan fingerprint density at radius 2 is 1.78 bits per heavy atom. The van der Waals surface area contributed by atoms with Crippen LogP contribution in [0.3, 0.4) is 0 Å². The molecule has 4 rings (SSSR count). The molecule has 0 unspecified atom stereocenters. The molecule has 0 saturated carbocycles. The van der Waals surface area contributed by atoms with E-state index in [1.165, 1.54) is 0 Å². The minimum absolute atomic E-state index is 0.647. The van der Waals surface area contributed by atoms with Gasteiger partial charge >= 0.3 is 0 Å². The minimum atomic E-state index is 0.647. The van der Waals surface area contributed by atoms with Gasteiger partial charge in [0.25, 0.3) is 0 Å². The Hall–Kier alpha value is -2.78. The van der Waals surface area contributed by atoms with E-state index < -0.39 is 0 Å². The molecule has 0 atom stereocenters. The highest BCUT2D eigenvalue weighted by Crippen LogP contribution is 2.22. The molecule has 3 aromatic rings.